The number of rotatable bonds is 6. The summed E-state index contributed by atoms with van der Waals surface area (Å²) in [5.74, 6) is 0.424. The Hall–Kier alpha value is -3.42. The Morgan fingerprint density at radius 1 is 1.21 bits per heavy atom. The number of hydrogen-bond donors (Lipinski definition) is 1. The van der Waals surface area contributed by atoms with Crippen LogP contribution >= 0.6 is 0 Å². The van der Waals surface area contributed by atoms with E-state index in [1.165, 1.54) is 29.5 Å². The maximum atomic E-state index is 10.8. The third-order valence-corrected chi connectivity index (χ3v) is 3.24. The lowest BCUT2D eigenvalue weighted by atomic mass is 10.2. The Bertz CT molecular complexity index is 845. The summed E-state index contributed by atoms with van der Waals surface area (Å²) in [6, 6.07) is 7.55. The van der Waals surface area contributed by atoms with Gasteiger partial charge < -0.3 is 14.6 Å². The van der Waals surface area contributed by atoms with Crippen LogP contribution in [0.4, 0.5) is 0 Å². The molecule has 3 rings (SSSR count). The van der Waals surface area contributed by atoms with E-state index in [4.69, 9.17) is 14.6 Å². The highest BCUT2D eigenvalue weighted by Crippen LogP contribution is 2.19. The van der Waals surface area contributed by atoms with E-state index in [1.807, 2.05) is 24.3 Å². The van der Waals surface area contributed by atoms with Gasteiger partial charge in [0.25, 0.3) is 5.95 Å². The van der Waals surface area contributed by atoms with Crippen molar-refractivity contribution in [1.82, 2.24) is 19.7 Å². The summed E-state index contributed by atoms with van der Waals surface area (Å²) < 4.78 is 12.2. The number of carbonyl (C=O) groups is 1. The number of aromatic carboxylic acids is 1. The highest BCUT2D eigenvalue weighted by Gasteiger charge is 2.09. The number of carboxylic acid groups (broad SMARTS) is 1. The van der Waals surface area contributed by atoms with Gasteiger partial charge >= 0.3 is 5.97 Å². The quantitative estimate of drug-likeness (QED) is 0.739. The molecular formula is C16H14N4O4. The van der Waals surface area contributed by atoms with Crippen molar-refractivity contribution in [2.24, 2.45) is 0 Å². The van der Waals surface area contributed by atoms with Crippen LogP contribution in [0.5, 0.6) is 11.5 Å². The minimum atomic E-state index is -1.06. The molecule has 8 heteroatoms. The molecule has 3 aromatic rings. The van der Waals surface area contributed by atoms with Gasteiger partial charge in [-0.05, 0) is 6.07 Å². The lowest BCUT2D eigenvalue weighted by Gasteiger charge is -2.09. The average Bonchev–Trinajstić information content (AvgIpc) is 3.11. The number of carboxylic acids is 1. The topological polar surface area (TPSA) is 99.4 Å². The second-order valence-electron chi connectivity index (χ2n) is 4.80. The number of aromatic nitrogens is 4. The summed E-state index contributed by atoms with van der Waals surface area (Å²) in [6.45, 7) is 0.317. The highest BCUT2D eigenvalue weighted by atomic mass is 16.5. The number of methoxy groups -OCH3 is 1. The van der Waals surface area contributed by atoms with E-state index in [0.717, 1.165) is 11.3 Å². The molecule has 0 radical (unpaired) electrons. The van der Waals surface area contributed by atoms with Gasteiger partial charge in [-0.25, -0.2) is 19.4 Å². The first kappa shape index (κ1) is 15.5. The highest BCUT2D eigenvalue weighted by molar-refractivity contribution is 5.86. The maximum absolute atomic E-state index is 10.8. The van der Waals surface area contributed by atoms with E-state index in [0.29, 0.717) is 12.4 Å². The molecule has 0 aliphatic rings. The van der Waals surface area contributed by atoms with E-state index >= 15 is 0 Å². The fraction of sp³-hybridized carbons (Fsp3) is 0.125. The molecule has 0 aliphatic carbocycles. The first-order valence-corrected chi connectivity index (χ1v) is 7.02. The standard InChI is InChI=1S/C16H14N4O4/c1-23-14-5-3-2-4-11(14)10-24-13-7-17-16(18-8-13)20-9-12(6-19-20)15(21)22/h2-9H,10H2,1H3,(H,21,22). The average molecular weight is 326 g/mol. The molecule has 24 heavy (non-hydrogen) atoms. The minimum absolute atomic E-state index is 0.0649. The van der Waals surface area contributed by atoms with E-state index in [-0.39, 0.29) is 11.5 Å². The Balaban J connectivity index is 1.69. The number of hydrogen-bond acceptors (Lipinski definition) is 6. The predicted octanol–water partition coefficient (Wildman–Crippen LogP) is 1.95. The van der Waals surface area contributed by atoms with Crippen molar-refractivity contribution < 1.29 is 19.4 Å². The molecule has 122 valence electrons. The predicted molar refractivity (Wildman–Crippen MR) is 83.4 cm³/mol. The molecule has 0 spiro atoms. The van der Waals surface area contributed by atoms with Crippen LogP contribution < -0.4 is 9.47 Å². The minimum Gasteiger partial charge on any atom is -0.496 e. The molecule has 1 N–H and O–H groups in total. The lowest BCUT2D eigenvalue weighted by Crippen LogP contribution is -2.03. The molecule has 8 nitrogen and oxygen atoms in total. The van der Waals surface area contributed by atoms with Crippen LogP contribution in [0.25, 0.3) is 5.95 Å². The molecule has 0 aliphatic heterocycles. The van der Waals surface area contributed by atoms with Gasteiger partial charge in [0.05, 0.1) is 31.3 Å². The molecule has 0 saturated heterocycles. The molecule has 0 atom stereocenters. The molecule has 2 aromatic heterocycles. The Kier molecular flexibility index (Phi) is 4.37. The van der Waals surface area contributed by atoms with Crippen LogP contribution in [0.2, 0.25) is 0 Å². The van der Waals surface area contributed by atoms with Crippen LogP contribution in [0.1, 0.15) is 15.9 Å². The Morgan fingerprint density at radius 3 is 2.62 bits per heavy atom. The van der Waals surface area contributed by atoms with Crippen molar-refractivity contribution in [1.29, 1.82) is 0 Å². The van der Waals surface area contributed by atoms with Crippen molar-refractivity contribution in [2.75, 3.05) is 7.11 Å². The van der Waals surface area contributed by atoms with Crippen molar-refractivity contribution in [3.63, 3.8) is 0 Å². The SMILES string of the molecule is COc1ccccc1COc1cnc(-n2cc(C(=O)O)cn2)nc1. The second kappa shape index (κ2) is 6.78. The largest absolute Gasteiger partial charge is 0.496 e. The van der Waals surface area contributed by atoms with Crippen LogP contribution in [0, 0.1) is 0 Å². The molecular weight excluding hydrogens is 312 g/mol. The van der Waals surface area contributed by atoms with Crippen LogP contribution in [-0.4, -0.2) is 37.9 Å². The van der Waals surface area contributed by atoms with E-state index in [9.17, 15) is 4.79 Å². The zero-order valence-corrected chi connectivity index (χ0v) is 12.8. The van der Waals surface area contributed by atoms with Gasteiger partial charge in [0.2, 0.25) is 0 Å². The fourth-order valence-electron chi connectivity index (χ4n) is 2.03. The summed E-state index contributed by atoms with van der Waals surface area (Å²) in [7, 11) is 1.60. The molecule has 0 fully saturated rings. The van der Waals surface area contributed by atoms with Crippen molar-refractivity contribution in [2.45, 2.75) is 6.61 Å². The third kappa shape index (κ3) is 3.32. The van der Waals surface area contributed by atoms with Crippen molar-refractivity contribution in [3.8, 4) is 17.4 Å². The number of benzene rings is 1. The lowest BCUT2D eigenvalue weighted by molar-refractivity contribution is 0.0697. The van der Waals surface area contributed by atoms with Crippen molar-refractivity contribution >= 4 is 5.97 Å². The Morgan fingerprint density at radius 2 is 1.96 bits per heavy atom. The van der Waals surface area contributed by atoms with Gasteiger partial charge in [-0.3, -0.25) is 0 Å². The summed E-state index contributed by atoms with van der Waals surface area (Å²) in [5.41, 5.74) is 0.970. The Labute approximate surface area is 137 Å². The number of para-hydroxylation sites is 1. The first-order chi connectivity index (χ1) is 11.7. The fourth-order valence-corrected chi connectivity index (χ4v) is 2.03. The summed E-state index contributed by atoms with van der Waals surface area (Å²) in [4.78, 5) is 19.1. The van der Waals surface area contributed by atoms with Gasteiger partial charge in [-0.15, -0.1) is 0 Å². The van der Waals surface area contributed by atoms with Gasteiger partial charge in [0.1, 0.15) is 12.4 Å². The monoisotopic (exact) mass is 326 g/mol. The van der Waals surface area contributed by atoms with Crippen LogP contribution in [-0.2, 0) is 6.61 Å². The van der Waals surface area contributed by atoms with E-state index in [1.54, 1.807) is 7.11 Å². The summed E-state index contributed by atoms with van der Waals surface area (Å²) in [5, 5.41) is 12.8. The third-order valence-electron chi connectivity index (χ3n) is 3.24. The van der Waals surface area contributed by atoms with Crippen LogP contribution in [0.15, 0.2) is 49.1 Å². The molecule has 2 heterocycles. The zero-order chi connectivity index (χ0) is 16.9. The molecule has 0 bridgehead atoms. The smallest absolute Gasteiger partial charge is 0.338 e. The van der Waals surface area contributed by atoms with E-state index in [2.05, 4.69) is 15.1 Å². The summed E-state index contributed by atoms with van der Waals surface area (Å²) in [6.07, 6.45) is 5.57. The molecule has 0 amide bonds. The number of ether oxygens (including phenoxy) is 2. The van der Waals surface area contributed by atoms with Gasteiger partial charge in [0.15, 0.2) is 5.75 Å². The van der Waals surface area contributed by atoms with E-state index < -0.39 is 5.97 Å². The summed E-state index contributed by atoms with van der Waals surface area (Å²) >= 11 is 0. The maximum Gasteiger partial charge on any atom is 0.338 e. The van der Waals surface area contributed by atoms with Crippen molar-refractivity contribution in [3.05, 3.63) is 60.2 Å². The number of nitrogens with zero attached hydrogens (tertiary/aromatic N) is 4. The normalized spacial score (nSPS) is 10.4. The first-order valence-electron chi connectivity index (χ1n) is 7.02. The van der Waals surface area contributed by atoms with Gasteiger partial charge in [-0.1, -0.05) is 18.2 Å². The molecule has 1 aromatic carbocycles. The van der Waals surface area contributed by atoms with Crippen LogP contribution in [0.3, 0.4) is 0 Å². The zero-order valence-electron chi connectivity index (χ0n) is 12.8. The van der Waals surface area contributed by atoms with Gasteiger partial charge in [-0.2, -0.15) is 5.10 Å². The second-order valence-corrected chi connectivity index (χ2v) is 4.80. The van der Waals surface area contributed by atoms with Gasteiger partial charge in [0, 0.05) is 11.8 Å². The molecule has 0 saturated carbocycles. The molecule has 0 unspecified atom stereocenters.